The van der Waals surface area contributed by atoms with Gasteiger partial charge in [-0.15, -0.1) is 0 Å². The number of amides is 1. The number of Topliss-reactive ketones (excluding diaryl/α,β-unsaturated/α-hetero) is 1. The van der Waals surface area contributed by atoms with Gasteiger partial charge in [0.25, 0.3) is 0 Å². The molecular formula is C23H23BrN2O2. The van der Waals surface area contributed by atoms with Crippen molar-refractivity contribution in [2.24, 2.45) is 5.92 Å². The van der Waals surface area contributed by atoms with Crippen molar-refractivity contribution in [1.82, 2.24) is 4.90 Å². The van der Waals surface area contributed by atoms with E-state index in [2.05, 4.69) is 22.0 Å². The van der Waals surface area contributed by atoms with Crippen LogP contribution in [-0.2, 0) is 4.79 Å². The van der Waals surface area contributed by atoms with Crippen LogP contribution in [0.5, 0.6) is 0 Å². The van der Waals surface area contributed by atoms with Crippen molar-refractivity contribution in [3.63, 3.8) is 0 Å². The minimum Gasteiger partial charge on any atom is -0.342 e. The lowest BCUT2D eigenvalue weighted by atomic mass is 9.81. The molecule has 2 unspecified atom stereocenters. The van der Waals surface area contributed by atoms with Gasteiger partial charge in [0.1, 0.15) is 5.92 Å². The molecule has 0 aromatic heterocycles. The summed E-state index contributed by atoms with van der Waals surface area (Å²) >= 11 is 3.42. The summed E-state index contributed by atoms with van der Waals surface area (Å²) in [4.78, 5) is 27.8. The van der Waals surface area contributed by atoms with Gasteiger partial charge in [0, 0.05) is 35.5 Å². The molecule has 3 rings (SSSR count). The number of benzene rings is 2. The van der Waals surface area contributed by atoms with Crippen molar-refractivity contribution >= 4 is 27.6 Å². The molecule has 0 bridgehead atoms. The maximum atomic E-state index is 13.1. The first-order chi connectivity index (χ1) is 13.6. The summed E-state index contributed by atoms with van der Waals surface area (Å²) < 4.78 is 0.917. The largest absolute Gasteiger partial charge is 0.342 e. The Labute approximate surface area is 174 Å². The van der Waals surface area contributed by atoms with Crippen LogP contribution in [0.4, 0.5) is 0 Å². The fraction of sp³-hybridized carbons (Fsp3) is 0.348. The number of nitriles is 1. The molecule has 1 fully saturated rings. The van der Waals surface area contributed by atoms with Gasteiger partial charge in [-0.05, 0) is 37.0 Å². The lowest BCUT2D eigenvalue weighted by Crippen LogP contribution is -2.41. The molecule has 2 aromatic rings. The summed E-state index contributed by atoms with van der Waals surface area (Å²) in [5.74, 6) is -1.55. The van der Waals surface area contributed by atoms with Gasteiger partial charge in [-0.2, -0.15) is 5.26 Å². The number of carbonyl (C=O) groups is 2. The zero-order valence-electron chi connectivity index (χ0n) is 15.7. The Bertz CT molecular complexity index is 852. The lowest BCUT2D eigenvalue weighted by molar-refractivity contribution is -0.135. The number of piperidine rings is 1. The van der Waals surface area contributed by atoms with Crippen LogP contribution in [0, 0.1) is 17.2 Å². The average molecular weight is 439 g/mol. The Morgan fingerprint density at radius 1 is 1.00 bits per heavy atom. The summed E-state index contributed by atoms with van der Waals surface area (Å²) in [6, 6.07) is 18.8. The molecule has 0 radical (unpaired) electrons. The molecule has 0 aliphatic carbocycles. The van der Waals surface area contributed by atoms with E-state index in [1.165, 1.54) is 0 Å². The number of rotatable bonds is 6. The molecule has 1 amide bonds. The summed E-state index contributed by atoms with van der Waals surface area (Å²) in [6.45, 7) is 1.38. The molecule has 1 aliphatic rings. The number of hydrogen-bond acceptors (Lipinski definition) is 3. The molecule has 0 spiro atoms. The number of nitrogens with zero attached hydrogens (tertiary/aromatic N) is 2. The average Bonchev–Trinajstić information content (AvgIpc) is 2.75. The zero-order valence-corrected chi connectivity index (χ0v) is 17.3. The van der Waals surface area contributed by atoms with Crippen molar-refractivity contribution < 1.29 is 9.59 Å². The predicted octanol–water partition coefficient (Wildman–Crippen LogP) is 4.96. The van der Waals surface area contributed by atoms with Crippen molar-refractivity contribution in [2.45, 2.75) is 31.6 Å². The van der Waals surface area contributed by atoms with Crippen molar-refractivity contribution in [2.75, 3.05) is 13.1 Å². The van der Waals surface area contributed by atoms with E-state index < -0.39 is 11.8 Å². The first-order valence-electron chi connectivity index (χ1n) is 9.62. The summed E-state index contributed by atoms with van der Waals surface area (Å²) in [6.07, 6.45) is 3.18. The normalized spacial score (nSPS) is 16.1. The van der Waals surface area contributed by atoms with Crippen molar-refractivity contribution in [1.29, 1.82) is 5.26 Å². The van der Waals surface area contributed by atoms with E-state index in [0.29, 0.717) is 18.7 Å². The SMILES string of the molecule is N#CC(C(=O)N1CCCCC1)C(CC(=O)c1ccccc1)c1ccc(Br)cc1. The molecule has 1 heterocycles. The van der Waals surface area contributed by atoms with Crippen molar-refractivity contribution in [3.8, 4) is 6.07 Å². The highest BCUT2D eigenvalue weighted by atomic mass is 79.9. The highest BCUT2D eigenvalue weighted by molar-refractivity contribution is 9.10. The third-order valence-corrected chi connectivity index (χ3v) is 5.80. The van der Waals surface area contributed by atoms with Crippen LogP contribution in [-0.4, -0.2) is 29.7 Å². The van der Waals surface area contributed by atoms with Gasteiger partial charge in [-0.1, -0.05) is 58.4 Å². The molecule has 5 heteroatoms. The highest BCUT2D eigenvalue weighted by Gasteiger charge is 2.35. The molecule has 4 nitrogen and oxygen atoms in total. The topological polar surface area (TPSA) is 61.2 Å². The molecule has 2 atom stereocenters. The fourth-order valence-corrected chi connectivity index (χ4v) is 3.97. The smallest absolute Gasteiger partial charge is 0.240 e. The Morgan fingerprint density at radius 2 is 1.64 bits per heavy atom. The van der Waals surface area contributed by atoms with Gasteiger partial charge >= 0.3 is 0 Å². The molecule has 2 aromatic carbocycles. The Balaban J connectivity index is 1.90. The number of ketones is 1. The second-order valence-corrected chi connectivity index (χ2v) is 8.06. The Hall–Kier alpha value is -2.45. The van der Waals surface area contributed by atoms with E-state index in [0.717, 1.165) is 29.3 Å². The van der Waals surface area contributed by atoms with Crippen LogP contribution in [0.15, 0.2) is 59.1 Å². The summed E-state index contributed by atoms with van der Waals surface area (Å²) in [7, 11) is 0. The Kier molecular flexibility index (Phi) is 7.00. The van der Waals surface area contributed by atoms with Gasteiger partial charge < -0.3 is 4.90 Å². The van der Waals surface area contributed by atoms with Gasteiger partial charge in [-0.25, -0.2) is 0 Å². The second kappa shape index (κ2) is 9.66. The van der Waals surface area contributed by atoms with E-state index in [9.17, 15) is 14.9 Å². The second-order valence-electron chi connectivity index (χ2n) is 7.14. The third-order valence-electron chi connectivity index (χ3n) is 5.27. The number of likely N-dealkylation sites (tertiary alicyclic amines) is 1. The van der Waals surface area contributed by atoms with E-state index >= 15 is 0 Å². The van der Waals surface area contributed by atoms with Gasteiger partial charge in [0.2, 0.25) is 5.91 Å². The molecule has 0 saturated carbocycles. The third kappa shape index (κ3) is 4.88. The van der Waals surface area contributed by atoms with Crippen LogP contribution in [0.3, 0.4) is 0 Å². The highest BCUT2D eigenvalue weighted by Crippen LogP contribution is 2.32. The molecule has 1 saturated heterocycles. The van der Waals surface area contributed by atoms with Crippen molar-refractivity contribution in [3.05, 3.63) is 70.2 Å². The maximum Gasteiger partial charge on any atom is 0.240 e. The summed E-state index contributed by atoms with van der Waals surface area (Å²) in [5.41, 5.74) is 1.44. The van der Waals surface area contributed by atoms with Gasteiger partial charge in [0.15, 0.2) is 5.78 Å². The molecule has 28 heavy (non-hydrogen) atoms. The molecular weight excluding hydrogens is 416 g/mol. The van der Waals surface area contributed by atoms with Crippen LogP contribution in [0.2, 0.25) is 0 Å². The van der Waals surface area contributed by atoms with Crippen LogP contribution in [0.1, 0.15) is 47.5 Å². The predicted molar refractivity (Wildman–Crippen MR) is 112 cm³/mol. The first kappa shape index (κ1) is 20.3. The maximum absolute atomic E-state index is 13.1. The first-order valence-corrected chi connectivity index (χ1v) is 10.4. The number of halogens is 1. The zero-order chi connectivity index (χ0) is 19.9. The molecule has 0 N–H and O–H groups in total. The lowest BCUT2D eigenvalue weighted by Gasteiger charge is -2.31. The van der Waals surface area contributed by atoms with Crippen LogP contribution in [0.25, 0.3) is 0 Å². The van der Waals surface area contributed by atoms with E-state index in [4.69, 9.17) is 0 Å². The fourth-order valence-electron chi connectivity index (χ4n) is 3.71. The van der Waals surface area contributed by atoms with Gasteiger partial charge in [0.05, 0.1) is 6.07 Å². The summed E-state index contributed by atoms with van der Waals surface area (Å²) in [5, 5.41) is 9.88. The van der Waals surface area contributed by atoms with E-state index in [-0.39, 0.29) is 18.1 Å². The quantitative estimate of drug-likeness (QED) is 0.598. The number of carbonyl (C=O) groups excluding carboxylic acids is 2. The monoisotopic (exact) mass is 438 g/mol. The standard InChI is InChI=1S/C23H23BrN2O2/c24-19-11-9-17(10-12-19)20(15-22(27)18-7-3-1-4-8-18)21(16-25)23(28)26-13-5-2-6-14-26/h1,3-4,7-12,20-21H,2,5-6,13-15H2. The van der Waals surface area contributed by atoms with Crippen LogP contribution >= 0.6 is 15.9 Å². The molecule has 144 valence electrons. The minimum atomic E-state index is -0.869. The van der Waals surface area contributed by atoms with Gasteiger partial charge in [-0.3, -0.25) is 9.59 Å². The molecule has 1 aliphatic heterocycles. The Morgan fingerprint density at radius 3 is 2.25 bits per heavy atom. The van der Waals surface area contributed by atoms with E-state index in [1.54, 1.807) is 17.0 Å². The minimum absolute atomic E-state index is 0.0554. The van der Waals surface area contributed by atoms with Crippen LogP contribution < -0.4 is 0 Å². The van der Waals surface area contributed by atoms with E-state index in [1.807, 2.05) is 42.5 Å². The number of hydrogen-bond donors (Lipinski definition) is 0.